The van der Waals surface area contributed by atoms with Crippen LogP contribution in [0.15, 0.2) is 18.3 Å². The SMILES string of the molecule is CC(C)NCc1cccn1CCOCC(F)(F)F. The highest BCUT2D eigenvalue weighted by molar-refractivity contribution is 5.06. The fourth-order valence-corrected chi connectivity index (χ4v) is 1.49. The first-order valence-electron chi connectivity index (χ1n) is 5.90. The molecule has 0 aliphatic heterocycles. The zero-order valence-corrected chi connectivity index (χ0v) is 10.6. The second kappa shape index (κ2) is 6.80. The van der Waals surface area contributed by atoms with E-state index in [1.165, 1.54) is 0 Å². The minimum Gasteiger partial charge on any atom is -0.370 e. The molecule has 0 aliphatic carbocycles. The fourth-order valence-electron chi connectivity index (χ4n) is 1.49. The molecule has 3 nitrogen and oxygen atoms in total. The molecule has 18 heavy (non-hydrogen) atoms. The molecular weight excluding hydrogens is 245 g/mol. The van der Waals surface area contributed by atoms with Crippen molar-refractivity contribution in [2.45, 2.75) is 39.2 Å². The molecule has 0 amide bonds. The van der Waals surface area contributed by atoms with Crippen molar-refractivity contribution in [2.24, 2.45) is 0 Å². The molecule has 6 heteroatoms. The summed E-state index contributed by atoms with van der Waals surface area (Å²) in [6, 6.07) is 4.19. The summed E-state index contributed by atoms with van der Waals surface area (Å²) in [6.45, 7) is 4.08. The van der Waals surface area contributed by atoms with Gasteiger partial charge in [-0.05, 0) is 12.1 Å². The molecule has 1 rings (SSSR count). The zero-order valence-electron chi connectivity index (χ0n) is 10.6. The van der Waals surface area contributed by atoms with Gasteiger partial charge in [0.25, 0.3) is 0 Å². The summed E-state index contributed by atoms with van der Waals surface area (Å²) in [5.74, 6) is 0. The van der Waals surface area contributed by atoms with Crippen LogP contribution in [0.4, 0.5) is 13.2 Å². The van der Waals surface area contributed by atoms with Crippen molar-refractivity contribution in [2.75, 3.05) is 13.2 Å². The number of alkyl halides is 3. The van der Waals surface area contributed by atoms with E-state index in [0.717, 1.165) is 5.69 Å². The molecule has 0 unspecified atom stereocenters. The van der Waals surface area contributed by atoms with Gasteiger partial charge in [0.1, 0.15) is 6.61 Å². The Morgan fingerprint density at radius 2 is 2.11 bits per heavy atom. The van der Waals surface area contributed by atoms with E-state index in [-0.39, 0.29) is 6.61 Å². The van der Waals surface area contributed by atoms with Gasteiger partial charge in [-0.1, -0.05) is 13.8 Å². The first kappa shape index (κ1) is 15.0. The molecule has 1 N–H and O–H groups in total. The summed E-state index contributed by atoms with van der Waals surface area (Å²) in [4.78, 5) is 0. The lowest BCUT2D eigenvalue weighted by Gasteiger charge is -2.13. The molecule has 0 atom stereocenters. The lowest BCUT2D eigenvalue weighted by atomic mass is 10.3. The van der Waals surface area contributed by atoms with Crippen LogP contribution in [0.5, 0.6) is 0 Å². The molecule has 0 aliphatic rings. The topological polar surface area (TPSA) is 26.2 Å². The van der Waals surface area contributed by atoms with Gasteiger partial charge >= 0.3 is 6.18 Å². The van der Waals surface area contributed by atoms with Gasteiger partial charge in [0.15, 0.2) is 0 Å². The maximum Gasteiger partial charge on any atom is 0.411 e. The minimum absolute atomic E-state index is 0.0584. The summed E-state index contributed by atoms with van der Waals surface area (Å²) in [7, 11) is 0. The second-order valence-corrected chi connectivity index (χ2v) is 4.40. The molecule has 0 fully saturated rings. The van der Waals surface area contributed by atoms with E-state index in [1.54, 1.807) is 0 Å². The Labute approximate surface area is 105 Å². The summed E-state index contributed by atoms with van der Waals surface area (Å²) in [6.07, 6.45) is -2.41. The third-order valence-electron chi connectivity index (χ3n) is 2.36. The maximum absolute atomic E-state index is 11.9. The summed E-state index contributed by atoms with van der Waals surface area (Å²) in [5, 5.41) is 3.26. The average Bonchev–Trinajstić information content (AvgIpc) is 2.67. The van der Waals surface area contributed by atoms with Crippen LogP contribution in [-0.2, 0) is 17.8 Å². The third-order valence-corrected chi connectivity index (χ3v) is 2.36. The van der Waals surface area contributed by atoms with Crippen molar-refractivity contribution in [3.8, 4) is 0 Å². The Morgan fingerprint density at radius 1 is 1.39 bits per heavy atom. The van der Waals surface area contributed by atoms with Crippen molar-refractivity contribution in [1.82, 2.24) is 9.88 Å². The van der Waals surface area contributed by atoms with Crippen LogP contribution in [0.1, 0.15) is 19.5 Å². The molecule has 1 aromatic rings. The molecule has 0 saturated carbocycles. The number of nitrogens with one attached hydrogen (secondary N) is 1. The molecule has 104 valence electrons. The van der Waals surface area contributed by atoms with Crippen LogP contribution < -0.4 is 5.32 Å². The number of halogens is 3. The van der Waals surface area contributed by atoms with Gasteiger partial charge in [-0.2, -0.15) is 13.2 Å². The van der Waals surface area contributed by atoms with Crippen molar-refractivity contribution in [3.05, 3.63) is 24.0 Å². The lowest BCUT2D eigenvalue weighted by Crippen LogP contribution is -2.24. The number of aromatic nitrogens is 1. The number of hydrogen-bond donors (Lipinski definition) is 1. The average molecular weight is 264 g/mol. The second-order valence-electron chi connectivity index (χ2n) is 4.40. The Bertz CT molecular complexity index is 347. The Balaban J connectivity index is 2.32. The van der Waals surface area contributed by atoms with E-state index < -0.39 is 12.8 Å². The molecule has 0 radical (unpaired) electrons. The number of rotatable bonds is 7. The maximum atomic E-state index is 11.9. The van der Waals surface area contributed by atoms with E-state index in [9.17, 15) is 13.2 Å². The van der Waals surface area contributed by atoms with E-state index >= 15 is 0 Å². The fraction of sp³-hybridized carbons (Fsp3) is 0.667. The van der Waals surface area contributed by atoms with Crippen LogP contribution in [0.2, 0.25) is 0 Å². The van der Waals surface area contributed by atoms with Gasteiger partial charge in [-0.25, -0.2) is 0 Å². The first-order valence-corrected chi connectivity index (χ1v) is 5.90. The highest BCUT2D eigenvalue weighted by Gasteiger charge is 2.27. The minimum atomic E-state index is -4.25. The lowest BCUT2D eigenvalue weighted by molar-refractivity contribution is -0.174. The Morgan fingerprint density at radius 3 is 2.72 bits per heavy atom. The Hall–Kier alpha value is -1.01. The van der Waals surface area contributed by atoms with E-state index in [4.69, 9.17) is 0 Å². The third kappa shape index (κ3) is 6.07. The number of nitrogens with zero attached hydrogens (tertiary/aromatic N) is 1. The van der Waals surface area contributed by atoms with Gasteiger partial charge in [0.2, 0.25) is 0 Å². The predicted octanol–water partition coefficient (Wildman–Crippen LogP) is 2.57. The largest absolute Gasteiger partial charge is 0.411 e. The summed E-state index contributed by atoms with van der Waals surface area (Å²) >= 11 is 0. The van der Waals surface area contributed by atoms with Crippen molar-refractivity contribution >= 4 is 0 Å². The summed E-state index contributed by atoms with van der Waals surface area (Å²) in [5.41, 5.74) is 1.04. The van der Waals surface area contributed by atoms with Crippen molar-refractivity contribution in [3.63, 3.8) is 0 Å². The van der Waals surface area contributed by atoms with E-state index in [0.29, 0.717) is 19.1 Å². The molecular formula is C12H19F3N2O. The van der Waals surface area contributed by atoms with Crippen LogP contribution in [-0.4, -0.2) is 30.0 Å². The molecule has 0 saturated heterocycles. The number of ether oxygens (including phenoxy) is 1. The van der Waals surface area contributed by atoms with Crippen LogP contribution in [0.25, 0.3) is 0 Å². The van der Waals surface area contributed by atoms with Gasteiger partial charge in [0.05, 0.1) is 6.61 Å². The highest BCUT2D eigenvalue weighted by Crippen LogP contribution is 2.14. The first-order chi connectivity index (χ1) is 8.38. The van der Waals surface area contributed by atoms with Gasteiger partial charge in [-0.3, -0.25) is 0 Å². The molecule has 0 spiro atoms. The van der Waals surface area contributed by atoms with Crippen molar-refractivity contribution < 1.29 is 17.9 Å². The smallest absolute Gasteiger partial charge is 0.370 e. The molecule has 0 aromatic carbocycles. The van der Waals surface area contributed by atoms with E-state index in [1.807, 2.05) is 36.7 Å². The van der Waals surface area contributed by atoms with Gasteiger partial charge < -0.3 is 14.6 Å². The van der Waals surface area contributed by atoms with Crippen LogP contribution in [0.3, 0.4) is 0 Å². The highest BCUT2D eigenvalue weighted by atomic mass is 19.4. The standard InChI is InChI=1S/C12H19F3N2O/c1-10(2)16-8-11-4-3-5-17(11)6-7-18-9-12(13,14)15/h3-5,10,16H,6-9H2,1-2H3. The van der Waals surface area contributed by atoms with Gasteiger partial charge in [-0.15, -0.1) is 0 Å². The predicted molar refractivity (Wildman–Crippen MR) is 63.3 cm³/mol. The number of hydrogen-bond acceptors (Lipinski definition) is 2. The Kier molecular flexibility index (Phi) is 5.68. The quantitative estimate of drug-likeness (QED) is 0.766. The summed E-state index contributed by atoms with van der Waals surface area (Å²) < 4.78 is 42.1. The zero-order chi connectivity index (χ0) is 13.6. The molecule has 1 aromatic heterocycles. The molecule has 1 heterocycles. The van der Waals surface area contributed by atoms with Gasteiger partial charge in [0, 0.05) is 31.0 Å². The monoisotopic (exact) mass is 264 g/mol. The van der Waals surface area contributed by atoms with Crippen LogP contribution in [0, 0.1) is 0 Å². The van der Waals surface area contributed by atoms with Crippen molar-refractivity contribution in [1.29, 1.82) is 0 Å². The van der Waals surface area contributed by atoms with E-state index in [2.05, 4.69) is 10.1 Å². The normalized spacial score (nSPS) is 12.3. The van der Waals surface area contributed by atoms with Crippen LogP contribution >= 0.6 is 0 Å². The molecule has 0 bridgehead atoms.